The fourth-order valence-electron chi connectivity index (χ4n) is 2.72. The summed E-state index contributed by atoms with van der Waals surface area (Å²) >= 11 is 0. The Labute approximate surface area is 158 Å². The maximum absolute atomic E-state index is 10.9. The fraction of sp³-hybridized carbons (Fsp3) is 0.190. The first kappa shape index (κ1) is 18.4. The van der Waals surface area contributed by atoms with Crippen LogP contribution in [0.2, 0.25) is 0 Å². The SMILES string of the molecule is CC(C)(C)c1ccccc1Nc1cc(Nc2ccc(C(=O)O)cc2)ncn1. The third-order valence-corrected chi connectivity index (χ3v) is 4.07. The summed E-state index contributed by atoms with van der Waals surface area (Å²) in [6.45, 7) is 6.50. The van der Waals surface area contributed by atoms with Crippen LogP contribution in [0.3, 0.4) is 0 Å². The Morgan fingerprint density at radius 2 is 1.56 bits per heavy atom. The molecule has 0 saturated heterocycles. The van der Waals surface area contributed by atoms with Crippen LogP contribution in [0.4, 0.5) is 23.0 Å². The normalized spacial score (nSPS) is 11.1. The zero-order valence-electron chi connectivity index (χ0n) is 15.5. The number of aromatic carboxylic acids is 1. The van der Waals surface area contributed by atoms with Crippen molar-refractivity contribution < 1.29 is 9.90 Å². The molecular formula is C21H22N4O2. The maximum atomic E-state index is 10.9. The number of anilines is 4. The molecule has 6 heteroatoms. The van der Waals surface area contributed by atoms with Gasteiger partial charge in [-0.2, -0.15) is 0 Å². The number of carboxylic acid groups (broad SMARTS) is 1. The number of rotatable bonds is 5. The highest BCUT2D eigenvalue weighted by Crippen LogP contribution is 2.31. The van der Waals surface area contributed by atoms with E-state index in [-0.39, 0.29) is 11.0 Å². The summed E-state index contributed by atoms with van der Waals surface area (Å²) < 4.78 is 0. The Kier molecular flexibility index (Phi) is 5.07. The van der Waals surface area contributed by atoms with Gasteiger partial charge in [0.25, 0.3) is 0 Å². The van der Waals surface area contributed by atoms with E-state index in [1.54, 1.807) is 24.3 Å². The molecule has 6 nitrogen and oxygen atoms in total. The van der Waals surface area contributed by atoms with E-state index in [9.17, 15) is 4.79 Å². The van der Waals surface area contributed by atoms with Crippen LogP contribution in [0.1, 0.15) is 36.7 Å². The van der Waals surface area contributed by atoms with Gasteiger partial charge < -0.3 is 15.7 Å². The van der Waals surface area contributed by atoms with Gasteiger partial charge in [-0.25, -0.2) is 14.8 Å². The van der Waals surface area contributed by atoms with E-state index in [0.717, 1.165) is 11.4 Å². The predicted molar refractivity (Wildman–Crippen MR) is 107 cm³/mol. The summed E-state index contributed by atoms with van der Waals surface area (Å²) in [6, 6.07) is 16.5. The molecule has 1 aromatic heterocycles. The van der Waals surface area contributed by atoms with Crippen LogP contribution in [0, 0.1) is 0 Å². The number of carboxylic acids is 1. The number of nitrogens with one attached hydrogen (secondary N) is 2. The summed E-state index contributed by atoms with van der Waals surface area (Å²) in [5, 5.41) is 15.5. The van der Waals surface area contributed by atoms with Gasteiger partial charge in [0, 0.05) is 17.4 Å². The van der Waals surface area contributed by atoms with Gasteiger partial charge in [-0.05, 0) is 41.3 Å². The van der Waals surface area contributed by atoms with Crippen LogP contribution < -0.4 is 10.6 Å². The zero-order valence-corrected chi connectivity index (χ0v) is 15.5. The van der Waals surface area contributed by atoms with Crippen molar-refractivity contribution in [2.75, 3.05) is 10.6 Å². The van der Waals surface area contributed by atoms with Gasteiger partial charge >= 0.3 is 5.97 Å². The van der Waals surface area contributed by atoms with Crippen LogP contribution in [0.5, 0.6) is 0 Å². The second kappa shape index (κ2) is 7.45. The molecule has 0 unspecified atom stereocenters. The summed E-state index contributed by atoms with van der Waals surface area (Å²) in [5.74, 6) is 0.336. The maximum Gasteiger partial charge on any atom is 0.335 e. The molecule has 0 amide bonds. The van der Waals surface area contributed by atoms with Gasteiger partial charge in [0.05, 0.1) is 5.56 Å². The van der Waals surface area contributed by atoms with Crippen molar-refractivity contribution >= 4 is 29.0 Å². The lowest BCUT2D eigenvalue weighted by atomic mass is 9.86. The summed E-state index contributed by atoms with van der Waals surface area (Å²) in [6.07, 6.45) is 1.48. The van der Waals surface area contributed by atoms with Crippen LogP contribution in [-0.2, 0) is 5.41 Å². The summed E-state index contributed by atoms with van der Waals surface area (Å²) in [7, 11) is 0. The number of hydrogen-bond donors (Lipinski definition) is 3. The lowest BCUT2D eigenvalue weighted by molar-refractivity contribution is 0.0697. The molecule has 0 aliphatic rings. The molecule has 0 saturated carbocycles. The summed E-state index contributed by atoms with van der Waals surface area (Å²) in [5.41, 5.74) is 3.19. The van der Waals surface area contributed by atoms with Crippen molar-refractivity contribution in [3.63, 3.8) is 0 Å². The molecular weight excluding hydrogens is 340 g/mol. The molecule has 27 heavy (non-hydrogen) atoms. The topological polar surface area (TPSA) is 87.1 Å². The first-order valence-electron chi connectivity index (χ1n) is 8.62. The van der Waals surface area contributed by atoms with E-state index < -0.39 is 5.97 Å². The first-order valence-corrected chi connectivity index (χ1v) is 8.62. The molecule has 0 fully saturated rings. The van der Waals surface area contributed by atoms with Crippen LogP contribution in [-0.4, -0.2) is 21.0 Å². The van der Waals surface area contributed by atoms with Crippen molar-refractivity contribution in [2.24, 2.45) is 0 Å². The first-order chi connectivity index (χ1) is 12.8. The number of benzene rings is 2. The van der Waals surface area contributed by atoms with Crippen molar-refractivity contribution in [3.8, 4) is 0 Å². The monoisotopic (exact) mass is 362 g/mol. The molecule has 1 heterocycles. The highest BCUT2D eigenvalue weighted by Gasteiger charge is 2.17. The summed E-state index contributed by atoms with van der Waals surface area (Å²) in [4.78, 5) is 19.5. The molecule has 0 bridgehead atoms. The molecule has 138 valence electrons. The number of para-hydroxylation sites is 1. The lowest BCUT2D eigenvalue weighted by Crippen LogP contribution is -2.13. The average Bonchev–Trinajstić information content (AvgIpc) is 2.62. The molecule has 3 aromatic rings. The fourth-order valence-corrected chi connectivity index (χ4v) is 2.72. The quantitative estimate of drug-likeness (QED) is 0.595. The Morgan fingerprint density at radius 1 is 0.926 bits per heavy atom. The second-order valence-electron chi connectivity index (χ2n) is 7.22. The number of nitrogens with zero attached hydrogens (tertiary/aromatic N) is 2. The Morgan fingerprint density at radius 3 is 2.19 bits per heavy atom. The van der Waals surface area contributed by atoms with Crippen LogP contribution >= 0.6 is 0 Å². The molecule has 0 atom stereocenters. The largest absolute Gasteiger partial charge is 0.478 e. The van der Waals surface area contributed by atoms with Crippen LogP contribution in [0.15, 0.2) is 60.9 Å². The van der Waals surface area contributed by atoms with Crippen molar-refractivity contribution in [3.05, 3.63) is 72.1 Å². The second-order valence-corrected chi connectivity index (χ2v) is 7.22. The highest BCUT2D eigenvalue weighted by molar-refractivity contribution is 5.88. The van der Waals surface area contributed by atoms with E-state index in [0.29, 0.717) is 11.6 Å². The van der Waals surface area contributed by atoms with Gasteiger partial charge in [0.2, 0.25) is 0 Å². The van der Waals surface area contributed by atoms with Crippen molar-refractivity contribution in [1.82, 2.24) is 9.97 Å². The molecule has 0 aliphatic heterocycles. The van der Waals surface area contributed by atoms with Gasteiger partial charge in [-0.1, -0.05) is 39.0 Å². The highest BCUT2D eigenvalue weighted by atomic mass is 16.4. The van der Waals surface area contributed by atoms with E-state index in [1.165, 1.54) is 11.9 Å². The average molecular weight is 362 g/mol. The minimum absolute atomic E-state index is 0.00356. The lowest BCUT2D eigenvalue weighted by Gasteiger charge is -2.23. The molecule has 2 aromatic carbocycles. The van der Waals surface area contributed by atoms with E-state index in [4.69, 9.17) is 5.11 Å². The predicted octanol–water partition coefficient (Wildman–Crippen LogP) is 4.96. The van der Waals surface area contributed by atoms with Gasteiger partial charge in [-0.3, -0.25) is 0 Å². The molecule has 0 spiro atoms. The standard InChI is InChI=1S/C21H22N4O2/c1-21(2,3)16-6-4-5-7-17(16)25-19-12-18(22-13-23-19)24-15-10-8-14(9-11-15)20(26)27/h4-13H,1-3H3,(H,26,27)(H2,22,23,24,25). The van der Waals surface area contributed by atoms with E-state index in [2.05, 4.69) is 47.4 Å². The molecule has 3 rings (SSSR count). The third-order valence-electron chi connectivity index (χ3n) is 4.07. The van der Waals surface area contributed by atoms with Gasteiger partial charge in [-0.15, -0.1) is 0 Å². The third kappa shape index (κ3) is 4.61. The van der Waals surface area contributed by atoms with E-state index >= 15 is 0 Å². The number of aromatic nitrogens is 2. The van der Waals surface area contributed by atoms with Crippen molar-refractivity contribution in [1.29, 1.82) is 0 Å². The van der Waals surface area contributed by atoms with Crippen molar-refractivity contribution in [2.45, 2.75) is 26.2 Å². The zero-order chi connectivity index (χ0) is 19.4. The molecule has 3 N–H and O–H groups in total. The molecule has 0 aliphatic carbocycles. The van der Waals surface area contributed by atoms with Gasteiger partial charge in [0.1, 0.15) is 18.0 Å². The Balaban J connectivity index is 1.79. The minimum atomic E-state index is -0.951. The molecule has 0 radical (unpaired) electrons. The minimum Gasteiger partial charge on any atom is -0.478 e. The Hall–Kier alpha value is -3.41. The van der Waals surface area contributed by atoms with Crippen LogP contribution in [0.25, 0.3) is 0 Å². The van der Waals surface area contributed by atoms with E-state index in [1.807, 2.05) is 24.3 Å². The number of carbonyl (C=O) groups is 1. The van der Waals surface area contributed by atoms with Gasteiger partial charge in [0.15, 0.2) is 0 Å². The Bertz CT molecular complexity index is 947. The number of hydrogen-bond acceptors (Lipinski definition) is 5. The smallest absolute Gasteiger partial charge is 0.335 e.